The van der Waals surface area contributed by atoms with Crippen LogP contribution in [-0.4, -0.2) is 53.3 Å². The van der Waals surface area contributed by atoms with Gasteiger partial charge in [-0.05, 0) is 57.7 Å². The van der Waals surface area contributed by atoms with Gasteiger partial charge in [0.25, 0.3) is 5.91 Å². The number of hydrogen-bond donors (Lipinski definition) is 0. The summed E-state index contributed by atoms with van der Waals surface area (Å²) in [7, 11) is 0. The molecule has 1 saturated heterocycles. The first-order chi connectivity index (χ1) is 18.4. The Hall–Kier alpha value is -4.77. The SMILES string of the molecule is CC#CC(=O)N1CCC(n2nnc(-c3cc(OC(C)c4ccc(F)cn4)n4c(C#N)cnc4c3)c2C)CC1. The first-order valence-electron chi connectivity index (χ1n) is 12.2. The second-order valence-electron chi connectivity index (χ2n) is 9.06. The van der Waals surface area contributed by atoms with E-state index in [0.29, 0.717) is 41.7 Å². The molecule has 4 aromatic rings. The fraction of sp³-hybridized carbons (Fsp3) is 0.333. The minimum Gasteiger partial charge on any atom is -0.469 e. The smallest absolute Gasteiger partial charge is 0.298 e. The topological polar surface area (TPSA) is 114 Å². The summed E-state index contributed by atoms with van der Waals surface area (Å²) in [5, 5.41) is 18.5. The van der Waals surface area contributed by atoms with E-state index in [1.165, 1.54) is 12.3 Å². The molecule has 5 heterocycles. The predicted molar refractivity (Wildman–Crippen MR) is 135 cm³/mol. The van der Waals surface area contributed by atoms with Crippen molar-refractivity contribution < 1.29 is 13.9 Å². The zero-order valence-electron chi connectivity index (χ0n) is 21.2. The number of nitrogens with zero attached hydrogens (tertiary/aromatic N) is 8. The largest absolute Gasteiger partial charge is 0.469 e. The number of hydrogen-bond acceptors (Lipinski definition) is 7. The molecule has 5 rings (SSSR count). The monoisotopic (exact) mass is 512 g/mol. The van der Waals surface area contributed by atoms with Crippen LogP contribution in [0.1, 0.15) is 55.9 Å². The summed E-state index contributed by atoms with van der Waals surface area (Å²) >= 11 is 0. The van der Waals surface area contributed by atoms with Crippen molar-refractivity contribution in [2.24, 2.45) is 0 Å². The standard InChI is InChI=1S/C27H25FN8O2/c1-4-5-25(37)34-10-8-21(9-11-34)36-17(2)27(32-33-36)19-12-24-31-16-22(14-29)35(24)26(13-19)38-18(3)23-7-6-20(28)15-30-23/h6-7,12-13,15-16,18,21H,8-11H2,1-3H3. The van der Waals surface area contributed by atoms with Gasteiger partial charge in [0.1, 0.15) is 35.0 Å². The minimum absolute atomic E-state index is 0.107. The molecule has 0 aliphatic carbocycles. The number of piperidine rings is 1. The molecular formula is C27H25FN8O2. The number of carbonyl (C=O) groups is 1. The molecule has 0 saturated carbocycles. The van der Waals surface area contributed by atoms with Crippen molar-refractivity contribution in [1.29, 1.82) is 5.26 Å². The van der Waals surface area contributed by atoms with Gasteiger partial charge in [0.05, 0.1) is 29.8 Å². The highest BCUT2D eigenvalue weighted by Gasteiger charge is 2.26. The van der Waals surface area contributed by atoms with E-state index in [1.54, 1.807) is 35.3 Å². The van der Waals surface area contributed by atoms with Crippen molar-refractivity contribution in [3.8, 4) is 35.0 Å². The molecule has 11 heteroatoms. The van der Waals surface area contributed by atoms with Gasteiger partial charge in [-0.2, -0.15) is 5.26 Å². The number of aromatic nitrogens is 6. The van der Waals surface area contributed by atoms with Gasteiger partial charge in [-0.3, -0.25) is 14.2 Å². The number of rotatable bonds is 5. The zero-order chi connectivity index (χ0) is 26.8. The lowest BCUT2D eigenvalue weighted by molar-refractivity contribution is -0.126. The molecule has 4 aromatic heterocycles. The van der Waals surface area contributed by atoms with E-state index in [9.17, 15) is 14.4 Å². The Morgan fingerprint density at radius 2 is 2.00 bits per heavy atom. The number of carbonyl (C=O) groups excluding carboxylic acids is 1. The van der Waals surface area contributed by atoms with Gasteiger partial charge in [-0.25, -0.2) is 14.1 Å². The van der Waals surface area contributed by atoms with Crippen molar-refractivity contribution in [3.63, 3.8) is 0 Å². The first-order valence-corrected chi connectivity index (χ1v) is 12.2. The molecule has 1 aliphatic rings. The van der Waals surface area contributed by atoms with Crippen LogP contribution in [-0.2, 0) is 4.79 Å². The van der Waals surface area contributed by atoms with Gasteiger partial charge in [-0.1, -0.05) is 11.1 Å². The number of pyridine rings is 2. The van der Waals surface area contributed by atoms with Crippen LogP contribution in [0.5, 0.6) is 5.88 Å². The van der Waals surface area contributed by atoms with E-state index < -0.39 is 11.9 Å². The quantitative estimate of drug-likeness (QED) is 0.375. The van der Waals surface area contributed by atoms with E-state index in [0.717, 1.165) is 30.3 Å². The summed E-state index contributed by atoms with van der Waals surface area (Å²) < 4.78 is 23.1. The van der Waals surface area contributed by atoms with Crippen molar-refractivity contribution in [3.05, 3.63) is 59.6 Å². The molecule has 38 heavy (non-hydrogen) atoms. The van der Waals surface area contributed by atoms with E-state index in [1.807, 2.05) is 17.7 Å². The Morgan fingerprint density at radius 3 is 2.68 bits per heavy atom. The molecule has 1 unspecified atom stereocenters. The molecule has 0 bridgehead atoms. The molecular weight excluding hydrogens is 487 g/mol. The van der Waals surface area contributed by atoms with Crippen molar-refractivity contribution in [2.75, 3.05) is 13.1 Å². The third-order valence-corrected chi connectivity index (χ3v) is 6.68. The van der Waals surface area contributed by atoms with Crippen molar-refractivity contribution >= 4 is 11.6 Å². The van der Waals surface area contributed by atoms with Crippen LogP contribution in [0.2, 0.25) is 0 Å². The van der Waals surface area contributed by atoms with Gasteiger partial charge in [0.15, 0.2) is 0 Å². The van der Waals surface area contributed by atoms with E-state index >= 15 is 0 Å². The number of imidazole rings is 1. The summed E-state index contributed by atoms with van der Waals surface area (Å²) in [4.78, 5) is 22.4. The number of ether oxygens (including phenoxy) is 1. The molecule has 1 fully saturated rings. The maximum Gasteiger partial charge on any atom is 0.298 e. The van der Waals surface area contributed by atoms with Crippen molar-refractivity contribution in [2.45, 2.75) is 45.8 Å². The molecule has 1 atom stereocenters. The maximum absolute atomic E-state index is 13.4. The van der Waals surface area contributed by atoms with Gasteiger partial charge in [-0.15, -0.1) is 5.10 Å². The predicted octanol–water partition coefficient (Wildman–Crippen LogP) is 3.63. The second kappa shape index (κ2) is 10.3. The summed E-state index contributed by atoms with van der Waals surface area (Å²) in [6, 6.07) is 8.75. The van der Waals surface area contributed by atoms with E-state index in [4.69, 9.17) is 4.74 Å². The molecule has 192 valence electrons. The molecule has 10 nitrogen and oxygen atoms in total. The van der Waals surface area contributed by atoms with E-state index in [2.05, 4.69) is 38.2 Å². The second-order valence-corrected chi connectivity index (χ2v) is 9.06. The van der Waals surface area contributed by atoms with E-state index in [-0.39, 0.29) is 11.9 Å². The molecule has 1 aliphatic heterocycles. The van der Waals surface area contributed by atoms with Crippen molar-refractivity contribution in [1.82, 2.24) is 34.3 Å². The molecule has 0 spiro atoms. The van der Waals surface area contributed by atoms with Gasteiger partial charge < -0.3 is 9.64 Å². The van der Waals surface area contributed by atoms with Gasteiger partial charge in [0.2, 0.25) is 5.88 Å². The maximum atomic E-state index is 13.4. The number of nitriles is 1. The minimum atomic E-state index is -0.523. The van der Waals surface area contributed by atoms with Gasteiger partial charge in [0, 0.05) is 24.7 Å². The summed E-state index contributed by atoms with van der Waals surface area (Å²) in [6.07, 6.45) is 3.60. The lowest BCUT2D eigenvalue weighted by Gasteiger charge is -2.31. The number of halogens is 1. The highest BCUT2D eigenvalue weighted by molar-refractivity contribution is 5.93. The highest BCUT2D eigenvalue weighted by Crippen LogP contribution is 2.32. The highest BCUT2D eigenvalue weighted by atomic mass is 19.1. The Labute approximate surface area is 218 Å². The Morgan fingerprint density at radius 1 is 1.21 bits per heavy atom. The Balaban J connectivity index is 1.45. The Kier molecular flexibility index (Phi) is 6.75. The summed E-state index contributed by atoms with van der Waals surface area (Å²) in [5.41, 5.74) is 3.65. The summed E-state index contributed by atoms with van der Waals surface area (Å²) in [6.45, 7) is 6.63. The average molecular weight is 513 g/mol. The molecule has 1 amide bonds. The van der Waals surface area contributed by atoms with Crippen LogP contribution in [0.15, 0.2) is 36.7 Å². The molecule has 0 aromatic carbocycles. The van der Waals surface area contributed by atoms with Gasteiger partial charge >= 0.3 is 0 Å². The lowest BCUT2D eigenvalue weighted by atomic mass is 10.0. The average Bonchev–Trinajstić information content (AvgIpc) is 3.52. The molecule has 0 radical (unpaired) electrons. The van der Waals surface area contributed by atoms with Crippen LogP contribution in [0.25, 0.3) is 16.9 Å². The van der Waals surface area contributed by atoms with Crippen LogP contribution in [0.4, 0.5) is 4.39 Å². The lowest BCUT2D eigenvalue weighted by Crippen LogP contribution is -2.38. The van der Waals surface area contributed by atoms with Crippen LogP contribution in [0, 0.1) is 35.9 Å². The zero-order valence-corrected chi connectivity index (χ0v) is 21.2. The first kappa shape index (κ1) is 24.9. The van der Waals surface area contributed by atoms with Crippen LogP contribution < -0.4 is 4.74 Å². The van der Waals surface area contributed by atoms with Crippen LogP contribution in [0.3, 0.4) is 0 Å². The third-order valence-electron chi connectivity index (χ3n) is 6.68. The third kappa shape index (κ3) is 4.66. The number of amides is 1. The molecule has 0 N–H and O–H groups in total. The fourth-order valence-electron chi connectivity index (χ4n) is 4.70. The fourth-order valence-corrected chi connectivity index (χ4v) is 4.70. The van der Waals surface area contributed by atoms with Crippen LogP contribution >= 0.6 is 0 Å². The summed E-state index contributed by atoms with van der Waals surface area (Å²) in [5.74, 6) is 5.06. The number of likely N-dealkylation sites (tertiary alicyclic amines) is 1. The normalized spacial score (nSPS) is 14.6. The number of fused-ring (bicyclic) bond motifs is 1. The Bertz CT molecular complexity index is 1600.